The highest BCUT2D eigenvalue weighted by Crippen LogP contribution is 2.27. The van der Waals surface area contributed by atoms with Gasteiger partial charge in [-0.2, -0.15) is 0 Å². The lowest BCUT2D eigenvalue weighted by atomic mass is 10.2. The van der Waals surface area contributed by atoms with Crippen LogP contribution in [0, 0.1) is 6.92 Å². The van der Waals surface area contributed by atoms with Gasteiger partial charge in [-0.25, -0.2) is 0 Å². The number of rotatable bonds is 6. The number of anilines is 1. The molecule has 2 aromatic rings. The molecule has 0 saturated carbocycles. The highest BCUT2D eigenvalue weighted by atomic mass is 15.1. The molecule has 0 bridgehead atoms. The zero-order valence-electron chi connectivity index (χ0n) is 12.7. The van der Waals surface area contributed by atoms with E-state index in [9.17, 15) is 0 Å². The van der Waals surface area contributed by atoms with Gasteiger partial charge < -0.3 is 10.2 Å². The summed E-state index contributed by atoms with van der Waals surface area (Å²) in [6.45, 7) is 6.26. The Bertz CT molecular complexity index is 577. The van der Waals surface area contributed by atoms with Gasteiger partial charge in [-0.15, -0.1) is 0 Å². The third kappa shape index (κ3) is 3.61. The zero-order valence-corrected chi connectivity index (χ0v) is 12.7. The van der Waals surface area contributed by atoms with Crippen LogP contribution in [0.1, 0.15) is 23.2 Å². The lowest BCUT2D eigenvalue weighted by Gasteiger charge is -2.19. The molecule has 3 nitrogen and oxygen atoms in total. The van der Waals surface area contributed by atoms with Crippen molar-refractivity contribution in [2.45, 2.75) is 26.3 Å². The van der Waals surface area contributed by atoms with Gasteiger partial charge in [0.15, 0.2) is 0 Å². The standard InChI is InChI=1S/C18H23N3/c1-15-7-8-17(20-13-15)14-19-10-4-11-21-12-9-16-5-2-3-6-18(16)21/h2-3,5-8,13,19H,4,9-12,14H2,1H3. The van der Waals surface area contributed by atoms with E-state index < -0.39 is 0 Å². The molecule has 1 aromatic carbocycles. The van der Waals surface area contributed by atoms with Crippen molar-refractivity contribution in [1.82, 2.24) is 10.3 Å². The minimum atomic E-state index is 0.858. The first-order chi connectivity index (χ1) is 10.3. The third-order valence-corrected chi connectivity index (χ3v) is 4.04. The Labute approximate surface area is 127 Å². The summed E-state index contributed by atoms with van der Waals surface area (Å²) in [5.41, 5.74) is 5.26. The van der Waals surface area contributed by atoms with E-state index in [2.05, 4.69) is 58.5 Å². The van der Waals surface area contributed by atoms with Crippen molar-refractivity contribution >= 4 is 5.69 Å². The van der Waals surface area contributed by atoms with Crippen molar-refractivity contribution in [1.29, 1.82) is 0 Å². The minimum absolute atomic E-state index is 0.858. The first kappa shape index (κ1) is 14.1. The average Bonchev–Trinajstić information content (AvgIpc) is 2.92. The number of benzene rings is 1. The van der Waals surface area contributed by atoms with Gasteiger partial charge in [-0.1, -0.05) is 24.3 Å². The van der Waals surface area contributed by atoms with Gasteiger partial charge in [0.2, 0.25) is 0 Å². The van der Waals surface area contributed by atoms with Crippen LogP contribution in [0.4, 0.5) is 5.69 Å². The van der Waals surface area contributed by atoms with Crippen LogP contribution in [0.5, 0.6) is 0 Å². The molecule has 0 fully saturated rings. The highest BCUT2D eigenvalue weighted by molar-refractivity contribution is 5.57. The summed E-state index contributed by atoms with van der Waals surface area (Å²) < 4.78 is 0. The fraction of sp³-hybridized carbons (Fsp3) is 0.389. The molecule has 1 aliphatic rings. The smallest absolute Gasteiger partial charge is 0.0541 e. The van der Waals surface area contributed by atoms with E-state index in [1.807, 2.05) is 6.20 Å². The molecular formula is C18H23N3. The Balaban J connectivity index is 1.38. The maximum Gasteiger partial charge on any atom is 0.0541 e. The molecule has 3 heteroatoms. The van der Waals surface area contributed by atoms with Gasteiger partial charge in [0, 0.05) is 31.5 Å². The molecule has 3 rings (SSSR count). The maximum absolute atomic E-state index is 4.41. The van der Waals surface area contributed by atoms with Crippen LogP contribution in [0.15, 0.2) is 42.6 Å². The SMILES string of the molecule is Cc1ccc(CNCCCN2CCc3ccccc32)nc1. The number of hydrogen-bond donors (Lipinski definition) is 1. The maximum atomic E-state index is 4.41. The van der Waals surface area contributed by atoms with Gasteiger partial charge in [0.05, 0.1) is 5.69 Å². The lowest BCUT2D eigenvalue weighted by Crippen LogP contribution is -2.25. The number of pyridine rings is 1. The average molecular weight is 281 g/mol. The summed E-state index contributed by atoms with van der Waals surface area (Å²) in [5, 5.41) is 3.48. The highest BCUT2D eigenvalue weighted by Gasteiger charge is 2.16. The molecule has 0 radical (unpaired) electrons. The Kier molecular flexibility index (Phi) is 4.51. The van der Waals surface area contributed by atoms with Crippen molar-refractivity contribution in [2.24, 2.45) is 0 Å². The molecule has 1 aliphatic heterocycles. The van der Waals surface area contributed by atoms with E-state index in [1.165, 1.54) is 36.2 Å². The van der Waals surface area contributed by atoms with Crippen molar-refractivity contribution in [3.05, 3.63) is 59.4 Å². The second-order valence-electron chi connectivity index (χ2n) is 5.72. The quantitative estimate of drug-likeness (QED) is 0.825. The molecule has 0 spiro atoms. The van der Waals surface area contributed by atoms with Gasteiger partial charge in [0.25, 0.3) is 0 Å². The molecule has 0 aliphatic carbocycles. The molecule has 0 atom stereocenters. The Morgan fingerprint density at radius 3 is 2.95 bits per heavy atom. The predicted molar refractivity (Wildman–Crippen MR) is 87.7 cm³/mol. The van der Waals surface area contributed by atoms with Crippen molar-refractivity contribution in [2.75, 3.05) is 24.5 Å². The largest absolute Gasteiger partial charge is 0.371 e. The summed E-state index contributed by atoms with van der Waals surface area (Å²) in [7, 11) is 0. The molecule has 0 unspecified atom stereocenters. The summed E-state index contributed by atoms with van der Waals surface area (Å²) >= 11 is 0. The van der Waals surface area contributed by atoms with Gasteiger partial charge in [-0.05, 0) is 49.6 Å². The van der Waals surface area contributed by atoms with E-state index in [1.54, 1.807) is 0 Å². The number of fused-ring (bicyclic) bond motifs is 1. The number of aromatic nitrogens is 1. The summed E-state index contributed by atoms with van der Waals surface area (Å²) in [6.07, 6.45) is 4.29. The van der Waals surface area contributed by atoms with Gasteiger partial charge in [0.1, 0.15) is 0 Å². The first-order valence-corrected chi connectivity index (χ1v) is 7.78. The Morgan fingerprint density at radius 2 is 2.10 bits per heavy atom. The van der Waals surface area contributed by atoms with Crippen LogP contribution >= 0.6 is 0 Å². The van der Waals surface area contributed by atoms with Crippen LogP contribution < -0.4 is 10.2 Å². The topological polar surface area (TPSA) is 28.2 Å². The van der Waals surface area contributed by atoms with Gasteiger partial charge >= 0.3 is 0 Å². The van der Waals surface area contributed by atoms with Crippen LogP contribution in [-0.4, -0.2) is 24.6 Å². The fourth-order valence-corrected chi connectivity index (χ4v) is 2.85. The number of nitrogens with zero attached hydrogens (tertiary/aromatic N) is 2. The molecule has 0 saturated heterocycles. The third-order valence-electron chi connectivity index (χ3n) is 4.04. The van der Waals surface area contributed by atoms with E-state index >= 15 is 0 Å². The Hall–Kier alpha value is -1.87. The van der Waals surface area contributed by atoms with Crippen LogP contribution in [0.3, 0.4) is 0 Å². The number of aryl methyl sites for hydroxylation is 1. The molecule has 1 N–H and O–H groups in total. The van der Waals surface area contributed by atoms with Crippen LogP contribution in [-0.2, 0) is 13.0 Å². The molecule has 110 valence electrons. The van der Waals surface area contributed by atoms with Gasteiger partial charge in [-0.3, -0.25) is 4.98 Å². The normalized spacial score (nSPS) is 13.5. The van der Waals surface area contributed by atoms with E-state index in [4.69, 9.17) is 0 Å². The monoisotopic (exact) mass is 281 g/mol. The zero-order chi connectivity index (χ0) is 14.5. The second kappa shape index (κ2) is 6.72. The number of para-hydroxylation sites is 1. The van der Waals surface area contributed by atoms with Crippen molar-refractivity contribution < 1.29 is 0 Å². The molecule has 0 amide bonds. The predicted octanol–water partition coefficient (Wildman–Crippen LogP) is 2.93. The number of nitrogens with one attached hydrogen (secondary N) is 1. The summed E-state index contributed by atoms with van der Waals surface area (Å²) in [4.78, 5) is 6.91. The van der Waals surface area contributed by atoms with Crippen molar-refractivity contribution in [3.8, 4) is 0 Å². The van der Waals surface area contributed by atoms with E-state index in [0.717, 1.165) is 25.3 Å². The summed E-state index contributed by atoms with van der Waals surface area (Å²) in [5.74, 6) is 0. The molecular weight excluding hydrogens is 258 g/mol. The molecule has 2 heterocycles. The van der Waals surface area contributed by atoms with Crippen molar-refractivity contribution in [3.63, 3.8) is 0 Å². The number of hydrogen-bond acceptors (Lipinski definition) is 3. The Morgan fingerprint density at radius 1 is 1.19 bits per heavy atom. The fourth-order valence-electron chi connectivity index (χ4n) is 2.85. The van der Waals surface area contributed by atoms with Crippen LogP contribution in [0.25, 0.3) is 0 Å². The molecule has 1 aromatic heterocycles. The minimum Gasteiger partial charge on any atom is -0.371 e. The van der Waals surface area contributed by atoms with E-state index in [0.29, 0.717) is 0 Å². The summed E-state index contributed by atoms with van der Waals surface area (Å²) in [6, 6.07) is 13.0. The second-order valence-corrected chi connectivity index (χ2v) is 5.72. The first-order valence-electron chi connectivity index (χ1n) is 7.78. The lowest BCUT2D eigenvalue weighted by molar-refractivity contribution is 0.631. The van der Waals surface area contributed by atoms with E-state index in [-0.39, 0.29) is 0 Å². The molecule has 21 heavy (non-hydrogen) atoms. The van der Waals surface area contributed by atoms with Crippen LogP contribution in [0.2, 0.25) is 0 Å².